The molecule has 0 unspecified atom stereocenters. The lowest BCUT2D eigenvalue weighted by Crippen LogP contribution is -1.95. The molecule has 0 spiro atoms. The van der Waals surface area contributed by atoms with Crippen LogP contribution in [-0.2, 0) is 6.61 Å². The van der Waals surface area contributed by atoms with Gasteiger partial charge in [0.2, 0.25) is 0 Å². The molecule has 0 saturated carbocycles. The van der Waals surface area contributed by atoms with Crippen molar-refractivity contribution in [3.8, 4) is 5.75 Å². The van der Waals surface area contributed by atoms with Gasteiger partial charge in [0, 0.05) is 17.7 Å². The van der Waals surface area contributed by atoms with Crippen molar-refractivity contribution in [2.75, 3.05) is 6.54 Å². The van der Waals surface area contributed by atoms with Gasteiger partial charge in [-0.1, -0.05) is 47.6 Å². The molecule has 5 heteroatoms. The van der Waals surface area contributed by atoms with Crippen molar-refractivity contribution in [2.45, 2.75) is 13.0 Å². The highest BCUT2D eigenvalue weighted by Crippen LogP contribution is 2.14. The van der Waals surface area contributed by atoms with Crippen LogP contribution in [0.15, 0.2) is 60.0 Å². The molecule has 1 heterocycles. The summed E-state index contributed by atoms with van der Waals surface area (Å²) in [6.07, 6.45) is 8.06. The molecule has 0 N–H and O–H groups in total. The fourth-order valence-corrected chi connectivity index (χ4v) is 1.74. The molecule has 106 valence electrons. The topological polar surface area (TPSA) is 70.9 Å². The summed E-state index contributed by atoms with van der Waals surface area (Å²) in [4.78, 5) is 6.86. The first-order valence-electron chi connectivity index (χ1n) is 6.67. The lowest BCUT2D eigenvalue weighted by molar-refractivity contribution is 0.305. The summed E-state index contributed by atoms with van der Waals surface area (Å²) < 4.78 is 5.71. The molecule has 1 aromatic carbocycles. The van der Waals surface area contributed by atoms with Crippen molar-refractivity contribution >= 4 is 6.08 Å². The van der Waals surface area contributed by atoms with Crippen molar-refractivity contribution in [1.29, 1.82) is 0 Å². The van der Waals surface area contributed by atoms with Crippen LogP contribution in [0, 0.1) is 0 Å². The van der Waals surface area contributed by atoms with E-state index in [1.165, 1.54) is 0 Å². The van der Waals surface area contributed by atoms with E-state index in [-0.39, 0.29) is 0 Å². The molecule has 0 aliphatic rings. The van der Waals surface area contributed by atoms with Crippen LogP contribution in [0.25, 0.3) is 16.5 Å². The van der Waals surface area contributed by atoms with Gasteiger partial charge in [-0.05, 0) is 29.1 Å². The van der Waals surface area contributed by atoms with Crippen LogP contribution in [-0.4, -0.2) is 11.5 Å². The zero-order chi connectivity index (χ0) is 14.8. The van der Waals surface area contributed by atoms with E-state index in [9.17, 15) is 0 Å². The Labute approximate surface area is 123 Å². The van der Waals surface area contributed by atoms with E-state index in [1.807, 2.05) is 48.6 Å². The monoisotopic (exact) mass is 280 g/mol. The van der Waals surface area contributed by atoms with E-state index in [1.54, 1.807) is 12.4 Å². The van der Waals surface area contributed by atoms with Crippen molar-refractivity contribution in [1.82, 2.24) is 4.98 Å². The SMILES string of the molecule is [N-]=[N+]=NCCC=Cc1cncc(OCc2ccccc2)c1. The lowest BCUT2D eigenvalue weighted by atomic mass is 10.2. The summed E-state index contributed by atoms with van der Waals surface area (Å²) in [5.74, 6) is 0.732. The third kappa shape index (κ3) is 5.38. The van der Waals surface area contributed by atoms with Gasteiger partial charge in [0.15, 0.2) is 0 Å². The Morgan fingerprint density at radius 1 is 1.24 bits per heavy atom. The summed E-state index contributed by atoms with van der Waals surface area (Å²) in [5.41, 5.74) is 10.3. The van der Waals surface area contributed by atoms with Crippen LogP contribution in [0.4, 0.5) is 0 Å². The fourth-order valence-electron chi connectivity index (χ4n) is 1.74. The van der Waals surface area contributed by atoms with Crippen molar-refractivity contribution in [2.24, 2.45) is 5.11 Å². The minimum Gasteiger partial charge on any atom is -0.487 e. The van der Waals surface area contributed by atoms with Crippen LogP contribution in [0.3, 0.4) is 0 Å². The second kappa shape index (κ2) is 8.40. The molecule has 2 rings (SSSR count). The molecule has 1 aromatic heterocycles. The molecule has 0 atom stereocenters. The number of ether oxygens (including phenoxy) is 1. The molecule has 21 heavy (non-hydrogen) atoms. The van der Waals surface area contributed by atoms with Gasteiger partial charge < -0.3 is 4.74 Å². The Bertz CT molecular complexity index is 634. The fraction of sp³-hybridized carbons (Fsp3) is 0.188. The van der Waals surface area contributed by atoms with Crippen molar-refractivity contribution in [3.05, 3.63) is 76.4 Å². The molecule has 0 bridgehead atoms. The zero-order valence-corrected chi connectivity index (χ0v) is 11.6. The maximum Gasteiger partial charge on any atom is 0.138 e. The summed E-state index contributed by atoms with van der Waals surface area (Å²) in [6, 6.07) is 11.9. The van der Waals surface area contributed by atoms with Crippen molar-refractivity contribution in [3.63, 3.8) is 0 Å². The van der Waals surface area contributed by atoms with Crippen LogP contribution in [0.1, 0.15) is 17.5 Å². The largest absolute Gasteiger partial charge is 0.487 e. The van der Waals surface area contributed by atoms with E-state index >= 15 is 0 Å². The third-order valence-electron chi connectivity index (χ3n) is 2.75. The second-order valence-electron chi connectivity index (χ2n) is 4.37. The second-order valence-corrected chi connectivity index (χ2v) is 4.37. The summed E-state index contributed by atoms with van der Waals surface area (Å²) >= 11 is 0. The van der Waals surface area contributed by atoms with Gasteiger partial charge in [-0.2, -0.15) is 0 Å². The number of nitrogens with zero attached hydrogens (tertiary/aromatic N) is 4. The highest BCUT2D eigenvalue weighted by Gasteiger charge is 1.97. The Balaban J connectivity index is 1.90. The third-order valence-corrected chi connectivity index (χ3v) is 2.75. The van der Waals surface area contributed by atoms with E-state index in [2.05, 4.69) is 15.0 Å². The minimum absolute atomic E-state index is 0.463. The van der Waals surface area contributed by atoms with Crippen LogP contribution in [0.2, 0.25) is 0 Å². The summed E-state index contributed by atoms with van der Waals surface area (Å²) in [7, 11) is 0. The molecule has 0 amide bonds. The first-order chi connectivity index (χ1) is 10.4. The number of aromatic nitrogens is 1. The van der Waals surface area contributed by atoms with Gasteiger partial charge in [-0.25, -0.2) is 0 Å². The average molecular weight is 280 g/mol. The number of hydrogen-bond donors (Lipinski definition) is 0. The molecule has 0 fully saturated rings. The first kappa shape index (κ1) is 14.6. The van der Waals surface area contributed by atoms with Gasteiger partial charge in [-0.15, -0.1) is 0 Å². The van der Waals surface area contributed by atoms with Gasteiger partial charge in [0.05, 0.1) is 6.20 Å². The highest BCUT2D eigenvalue weighted by molar-refractivity contribution is 5.49. The average Bonchev–Trinajstić information content (AvgIpc) is 2.54. The van der Waals surface area contributed by atoms with E-state index in [0.717, 1.165) is 16.9 Å². The number of benzene rings is 1. The predicted octanol–water partition coefficient (Wildman–Crippen LogP) is 4.37. The van der Waals surface area contributed by atoms with E-state index < -0.39 is 0 Å². The Kier molecular flexibility index (Phi) is 5.85. The summed E-state index contributed by atoms with van der Waals surface area (Å²) in [5, 5.41) is 3.47. The number of hydrogen-bond acceptors (Lipinski definition) is 3. The summed E-state index contributed by atoms with van der Waals surface area (Å²) in [6.45, 7) is 0.983. The van der Waals surface area contributed by atoms with E-state index in [4.69, 9.17) is 10.3 Å². The minimum atomic E-state index is 0.463. The molecule has 0 radical (unpaired) electrons. The Hall–Kier alpha value is -2.78. The quantitative estimate of drug-likeness (QED) is 0.327. The molecule has 0 aliphatic heterocycles. The zero-order valence-electron chi connectivity index (χ0n) is 11.6. The van der Waals surface area contributed by atoms with Gasteiger partial charge in [0.1, 0.15) is 12.4 Å². The van der Waals surface area contributed by atoms with Gasteiger partial charge >= 0.3 is 0 Å². The van der Waals surface area contributed by atoms with Gasteiger partial charge in [0.25, 0.3) is 0 Å². The lowest BCUT2D eigenvalue weighted by Gasteiger charge is -2.06. The van der Waals surface area contributed by atoms with E-state index in [0.29, 0.717) is 19.6 Å². The molecule has 0 aliphatic carbocycles. The smallest absolute Gasteiger partial charge is 0.138 e. The predicted molar refractivity (Wildman–Crippen MR) is 82.7 cm³/mol. The van der Waals surface area contributed by atoms with Crippen LogP contribution >= 0.6 is 0 Å². The standard InChI is InChI=1S/C16H16N4O/c17-20-19-9-5-4-8-15-10-16(12-18-11-15)21-13-14-6-2-1-3-7-14/h1-4,6-8,10-12H,5,9,13H2. The van der Waals surface area contributed by atoms with Crippen LogP contribution in [0.5, 0.6) is 5.75 Å². The molecular formula is C16H16N4O. The molecule has 0 saturated heterocycles. The Morgan fingerprint density at radius 2 is 2.10 bits per heavy atom. The first-order valence-corrected chi connectivity index (χ1v) is 6.67. The van der Waals surface area contributed by atoms with Crippen LogP contribution < -0.4 is 4.74 Å². The Morgan fingerprint density at radius 3 is 2.90 bits per heavy atom. The molecule has 5 nitrogen and oxygen atoms in total. The normalized spacial score (nSPS) is 10.3. The van der Waals surface area contributed by atoms with Crippen molar-refractivity contribution < 1.29 is 4.74 Å². The highest BCUT2D eigenvalue weighted by atomic mass is 16.5. The maximum atomic E-state index is 8.18. The molecular weight excluding hydrogens is 264 g/mol. The van der Waals surface area contributed by atoms with Gasteiger partial charge in [-0.3, -0.25) is 4.98 Å². The maximum absolute atomic E-state index is 8.18. The molecule has 2 aromatic rings. The number of rotatable bonds is 7. The number of azide groups is 1. The number of pyridine rings is 1.